The number of rotatable bonds is 14. The summed E-state index contributed by atoms with van der Waals surface area (Å²) in [5.74, 6) is -1.10. The van der Waals surface area contributed by atoms with E-state index in [1.807, 2.05) is 30.3 Å². The lowest BCUT2D eigenvalue weighted by molar-refractivity contribution is -0.140. The molecule has 0 saturated heterocycles. The predicted octanol–water partition coefficient (Wildman–Crippen LogP) is 5.20. The summed E-state index contributed by atoms with van der Waals surface area (Å²) in [7, 11) is -1.45. The van der Waals surface area contributed by atoms with E-state index < -0.39 is 40.2 Å². The van der Waals surface area contributed by atoms with Crippen molar-refractivity contribution >= 4 is 27.5 Å². The van der Waals surface area contributed by atoms with E-state index in [1.165, 1.54) is 67.7 Å². The third kappa shape index (κ3) is 8.22. The van der Waals surface area contributed by atoms with Crippen LogP contribution in [0.25, 0.3) is 0 Å². The van der Waals surface area contributed by atoms with Crippen LogP contribution in [0.3, 0.4) is 0 Å². The Labute approximate surface area is 269 Å². The maximum absolute atomic E-state index is 15.0. The third-order valence-electron chi connectivity index (χ3n) is 7.27. The molecule has 46 heavy (non-hydrogen) atoms. The molecule has 0 saturated carbocycles. The molecule has 1 atom stereocenters. The van der Waals surface area contributed by atoms with Gasteiger partial charge in [-0.25, -0.2) is 12.8 Å². The number of carbonyl (C=O) groups is 2. The van der Waals surface area contributed by atoms with Crippen molar-refractivity contribution in [2.75, 3.05) is 25.1 Å². The van der Waals surface area contributed by atoms with Crippen molar-refractivity contribution in [3.63, 3.8) is 0 Å². The summed E-state index contributed by atoms with van der Waals surface area (Å²) >= 11 is 0. The quantitative estimate of drug-likeness (QED) is 0.202. The Bertz CT molecular complexity index is 1740. The predicted molar refractivity (Wildman–Crippen MR) is 175 cm³/mol. The van der Waals surface area contributed by atoms with Gasteiger partial charge in [0.25, 0.3) is 10.0 Å². The molecular weight excluding hydrogens is 609 g/mol. The second-order valence-corrected chi connectivity index (χ2v) is 12.7. The van der Waals surface area contributed by atoms with Gasteiger partial charge < -0.3 is 19.7 Å². The number of ether oxygens (including phenoxy) is 2. The summed E-state index contributed by atoms with van der Waals surface area (Å²) in [6.07, 6.45) is 0.112. The van der Waals surface area contributed by atoms with Gasteiger partial charge in [-0.3, -0.25) is 13.9 Å². The van der Waals surface area contributed by atoms with Crippen LogP contribution >= 0.6 is 0 Å². The first-order valence-corrected chi connectivity index (χ1v) is 16.2. The Morgan fingerprint density at radius 1 is 0.826 bits per heavy atom. The van der Waals surface area contributed by atoms with E-state index in [9.17, 15) is 18.0 Å². The number of nitrogens with one attached hydrogen (secondary N) is 1. The zero-order valence-electron chi connectivity index (χ0n) is 26.2. The zero-order valence-corrected chi connectivity index (χ0v) is 27.0. The molecule has 1 unspecified atom stereocenters. The molecule has 0 fully saturated rings. The lowest BCUT2D eigenvalue weighted by Crippen LogP contribution is -2.54. The molecule has 4 aromatic rings. The molecular formula is C35H38FN3O6S. The minimum absolute atomic E-state index is 0.0448. The van der Waals surface area contributed by atoms with Crippen molar-refractivity contribution in [1.82, 2.24) is 10.2 Å². The number of sulfonamides is 1. The van der Waals surface area contributed by atoms with Crippen LogP contribution in [0.15, 0.2) is 108 Å². The van der Waals surface area contributed by atoms with E-state index in [0.717, 1.165) is 9.87 Å². The van der Waals surface area contributed by atoms with Gasteiger partial charge in [0.2, 0.25) is 11.8 Å². The summed E-state index contributed by atoms with van der Waals surface area (Å²) in [5.41, 5.74) is 1.08. The van der Waals surface area contributed by atoms with Crippen LogP contribution in [0.2, 0.25) is 0 Å². The highest BCUT2D eigenvalue weighted by Crippen LogP contribution is 2.34. The van der Waals surface area contributed by atoms with Gasteiger partial charge >= 0.3 is 0 Å². The number of methoxy groups -OCH3 is 2. The first-order valence-electron chi connectivity index (χ1n) is 14.7. The van der Waals surface area contributed by atoms with Crippen molar-refractivity contribution in [2.24, 2.45) is 0 Å². The van der Waals surface area contributed by atoms with Crippen LogP contribution in [0.5, 0.6) is 11.5 Å². The van der Waals surface area contributed by atoms with E-state index in [1.54, 1.807) is 38.1 Å². The van der Waals surface area contributed by atoms with Crippen LogP contribution in [0.1, 0.15) is 25.0 Å². The fourth-order valence-corrected chi connectivity index (χ4v) is 6.40. The Hall–Kier alpha value is -4.90. The number of carbonyl (C=O) groups excluding carboxylic acids is 2. The largest absolute Gasteiger partial charge is 0.493 e. The van der Waals surface area contributed by atoms with Gasteiger partial charge in [-0.2, -0.15) is 0 Å². The van der Waals surface area contributed by atoms with Crippen molar-refractivity contribution in [3.8, 4) is 11.5 Å². The number of halogens is 1. The number of amides is 2. The SMILES string of the molecule is COc1ccc(N(CC(=O)N(Cc2ccccc2F)C(Cc2ccccc2)C(=O)NC(C)C)S(=O)(=O)c2ccccc2)cc1OC. The summed E-state index contributed by atoms with van der Waals surface area (Å²) in [6.45, 7) is 2.62. The van der Waals surface area contributed by atoms with Gasteiger partial charge in [-0.05, 0) is 49.7 Å². The number of benzene rings is 4. The zero-order chi connectivity index (χ0) is 33.3. The van der Waals surface area contributed by atoms with Gasteiger partial charge in [0.1, 0.15) is 18.4 Å². The molecule has 0 aliphatic heterocycles. The molecule has 0 aliphatic rings. The Kier molecular flexibility index (Phi) is 11.4. The van der Waals surface area contributed by atoms with Gasteiger partial charge in [-0.1, -0.05) is 66.7 Å². The molecule has 11 heteroatoms. The van der Waals surface area contributed by atoms with Gasteiger partial charge in [0.15, 0.2) is 11.5 Å². The molecule has 0 bridgehead atoms. The highest BCUT2D eigenvalue weighted by atomic mass is 32.2. The van der Waals surface area contributed by atoms with E-state index in [0.29, 0.717) is 5.75 Å². The standard InChI is InChI=1S/C35H38FN3O6S/c1-25(2)37-35(41)31(21-26-13-7-5-8-14-26)38(23-27-15-11-12-18-30(27)36)34(40)24-39(46(42,43)29-16-9-6-10-17-29)28-19-20-32(44-3)33(22-28)45-4/h5-20,22,25,31H,21,23-24H2,1-4H3,(H,37,41). The Morgan fingerprint density at radius 2 is 1.43 bits per heavy atom. The summed E-state index contributed by atoms with van der Waals surface area (Å²) in [4.78, 5) is 29.4. The summed E-state index contributed by atoms with van der Waals surface area (Å²) in [5, 5.41) is 2.88. The molecule has 0 aromatic heterocycles. The normalized spacial score (nSPS) is 11.9. The molecule has 4 aromatic carbocycles. The smallest absolute Gasteiger partial charge is 0.264 e. The van der Waals surface area contributed by atoms with E-state index in [-0.39, 0.29) is 40.9 Å². The van der Waals surface area contributed by atoms with Crippen LogP contribution in [-0.4, -0.2) is 58.0 Å². The van der Waals surface area contributed by atoms with E-state index in [4.69, 9.17) is 9.47 Å². The average Bonchev–Trinajstić information content (AvgIpc) is 3.06. The Balaban J connectivity index is 1.84. The maximum atomic E-state index is 15.0. The van der Waals surface area contributed by atoms with Crippen LogP contribution in [-0.2, 0) is 32.6 Å². The third-order valence-corrected chi connectivity index (χ3v) is 9.05. The van der Waals surface area contributed by atoms with Crippen molar-refractivity contribution in [2.45, 2.75) is 43.8 Å². The minimum Gasteiger partial charge on any atom is -0.493 e. The number of hydrogen-bond donors (Lipinski definition) is 1. The molecule has 1 N–H and O–H groups in total. The topological polar surface area (TPSA) is 105 Å². The summed E-state index contributed by atoms with van der Waals surface area (Å²) < 4.78 is 55.0. The molecule has 0 heterocycles. The first-order chi connectivity index (χ1) is 22.0. The van der Waals surface area contributed by atoms with Crippen molar-refractivity contribution < 1.29 is 31.9 Å². The van der Waals surface area contributed by atoms with Crippen molar-refractivity contribution in [1.29, 1.82) is 0 Å². The second-order valence-electron chi connectivity index (χ2n) is 10.8. The van der Waals surface area contributed by atoms with Crippen LogP contribution < -0.4 is 19.1 Å². The van der Waals surface area contributed by atoms with Gasteiger partial charge in [0.05, 0.1) is 24.8 Å². The highest BCUT2D eigenvalue weighted by molar-refractivity contribution is 7.92. The van der Waals surface area contributed by atoms with E-state index >= 15 is 4.39 Å². The molecule has 0 radical (unpaired) electrons. The fourth-order valence-electron chi connectivity index (χ4n) is 4.97. The average molecular weight is 648 g/mol. The number of nitrogens with zero attached hydrogens (tertiary/aromatic N) is 2. The lowest BCUT2D eigenvalue weighted by Gasteiger charge is -2.34. The van der Waals surface area contributed by atoms with Gasteiger partial charge in [-0.15, -0.1) is 0 Å². The highest BCUT2D eigenvalue weighted by Gasteiger charge is 2.35. The molecule has 242 valence electrons. The van der Waals surface area contributed by atoms with Crippen LogP contribution in [0, 0.1) is 5.82 Å². The molecule has 2 amide bonds. The minimum atomic E-state index is -4.32. The lowest BCUT2D eigenvalue weighted by atomic mass is 10.0. The van der Waals surface area contributed by atoms with Crippen LogP contribution in [0.4, 0.5) is 10.1 Å². The summed E-state index contributed by atoms with van der Waals surface area (Å²) in [6, 6.07) is 26.0. The molecule has 9 nitrogen and oxygen atoms in total. The number of hydrogen-bond acceptors (Lipinski definition) is 6. The second kappa shape index (κ2) is 15.4. The van der Waals surface area contributed by atoms with Gasteiger partial charge in [0, 0.05) is 30.6 Å². The molecule has 4 rings (SSSR count). The monoisotopic (exact) mass is 647 g/mol. The molecule has 0 spiro atoms. The fraction of sp³-hybridized carbons (Fsp3) is 0.257. The first kappa shape index (κ1) is 34.0. The van der Waals surface area contributed by atoms with Crippen molar-refractivity contribution in [3.05, 3.63) is 120 Å². The number of anilines is 1. The molecule has 0 aliphatic carbocycles. The van der Waals surface area contributed by atoms with E-state index in [2.05, 4.69) is 5.32 Å². The Morgan fingerprint density at radius 3 is 2.04 bits per heavy atom. The maximum Gasteiger partial charge on any atom is 0.264 e.